The molecule has 23 heavy (non-hydrogen) atoms. The number of phenols is 1. The van der Waals surface area contributed by atoms with Crippen LogP contribution < -0.4 is 19.6 Å². The van der Waals surface area contributed by atoms with Crippen LogP contribution in [0.25, 0.3) is 22.3 Å². The Labute approximate surface area is 130 Å². The molecular weight excluding hydrogens is 300 g/mol. The quantitative estimate of drug-likeness (QED) is 0.784. The van der Waals surface area contributed by atoms with Gasteiger partial charge in [-0.1, -0.05) is 6.07 Å². The van der Waals surface area contributed by atoms with Crippen LogP contribution in [-0.4, -0.2) is 19.0 Å². The van der Waals surface area contributed by atoms with Crippen LogP contribution in [0, 0.1) is 0 Å². The number of ether oxygens (including phenoxy) is 3. The molecule has 3 aromatic rings. The molecule has 0 spiro atoms. The van der Waals surface area contributed by atoms with E-state index in [1.54, 1.807) is 24.3 Å². The van der Waals surface area contributed by atoms with Crippen LogP contribution in [0.15, 0.2) is 45.6 Å². The van der Waals surface area contributed by atoms with Crippen LogP contribution in [0.1, 0.15) is 0 Å². The van der Waals surface area contributed by atoms with Crippen molar-refractivity contribution in [3.8, 4) is 34.3 Å². The lowest BCUT2D eigenvalue weighted by Gasteiger charge is -2.08. The van der Waals surface area contributed by atoms with E-state index >= 15 is 0 Å². The van der Waals surface area contributed by atoms with Gasteiger partial charge < -0.3 is 23.7 Å². The van der Waals surface area contributed by atoms with Crippen molar-refractivity contribution in [1.29, 1.82) is 0 Å². The molecule has 1 N–H and O–H groups in total. The number of hydrogen-bond acceptors (Lipinski definition) is 6. The summed E-state index contributed by atoms with van der Waals surface area (Å²) in [5, 5.41) is 9.96. The van der Waals surface area contributed by atoms with Crippen molar-refractivity contribution >= 4 is 11.0 Å². The summed E-state index contributed by atoms with van der Waals surface area (Å²) in [6.45, 7) is 0.116. The van der Waals surface area contributed by atoms with E-state index in [4.69, 9.17) is 18.6 Å². The highest BCUT2D eigenvalue weighted by Gasteiger charge is 2.21. The maximum atomic E-state index is 12.3. The van der Waals surface area contributed by atoms with Crippen molar-refractivity contribution in [3.05, 3.63) is 46.6 Å². The maximum absolute atomic E-state index is 12.3. The van der Waals surface area contributed by atoms with Gasteiger partial charge in [0.25, 0.3) is 0 Å². The largest absolute Gasteiger partial charge is 0.507 e. The van der Waals surface area contributed by atoms with Crippen molar-refractivity contribution < 1.29 is 23.7 Å². The Balaban J connectivity index is 1.95. The van der Waals surface area contributed by atoms with Gasteiger partial charge in [-0.15, -0.1) is 0 Å². The second-order valence-electron chi connectivity index (χ2n) is 5.04. The summed E-state index contributed by atoms with van der Waals surface area (Å²) in [6.07, 6.45) is 0. The number of aromatic hydroxyl groups is 1. The molecule has 0 saturated carbocycles. The molecule has 2 heterocycles. The zero-order chi connectivity index (χ0) is 16.0. The molecule has 1 aromatic heterocycles. The lowest BCUT2D eigenvalue weighted by atomic mass is 10.1. The highest BCUT2D eigenvalue weighted by Crippen LogP contribution is 2.44. The molecule has 0 fully saturated rings. The fourth-order valence-corrected chi connectivity index (χ4v) is 2.61. The minimum atomic E-state index is -0.323. The van der Waals surface area contributed by atoms with Gasteiger partial charge in [0.2, 0.25) is 12.5 Å². The third-order valence-corrected chi connectivity index (χ3v) is 3.68. The fraction of sp³-hybridized carbons (Fsp3) is 0.118. The standard InChI is InChI=1S/C17H12O6/c1-20-14-5-9(6-15-17(14)22-8-21-15)13-7-11(19)16-10(18)3-2-4-12(16)23-13/h2-7,18H,8H2,1H3. The van der Waals surface area contributed by atoms with Gasteiger partial charge >= 0.3 is 0 Å². The Kier molecular flexibility index (Phi) is 2.90. The number of rotatable bonds is 2. The van der Waals surface area contributed by atoms with Crippen LogP contribution in [0.2, 0.25) is 0 Å². The number of phenolic OH excluding ortho intramolecular Hbond substituents is 1. The summed E-state index contributed by atoms with van der Waals surface area (Å²) < 4.78 is 21.8. The van der Waals surface area contributed by atoms with Crippen molar-refractivity contribution in [3.63, 3.8) is 0 Å². The van der Waals surface area contributed by atoms with Crippen LogP contribution in [-0.2, 0) is 0 Å². The van der Waals surface area contributed by atoms with E-state index in [-0.39, 0.29) is 23.4 Å². The molecule has 0 atom stereocenters. The molecule has 4 rings (SSSR count). The predicted octanol–water partition coefficient (Wildman–Crippen LogP) is 2.90. The predicted molar refractivity (Wildman–Crippen MR) is 82.3 cm³/mol. The summed E-state index contributed by atoms with van der Waals surface area (Å²) in [5.74, 6) is 1.79. The SMILES string of the molecule is COc1cc(-c2cc(=O)c3c(O)cccc3o2)cc2c1OCO2. The third-order valence-electron chi connectivity index (χ3n) is 3.68. The van der Waals surface area contributed by atoms with E-state index in [0.717, 1.165) is 0 Å². The number of methoxy groups -OCH3 is 1. The number of fused-ring (bicyclic) bond motifs is 2. The lowest BCUT2D eigenvalue weighted by Crippen LogP contribution is -2.00. The molecule has 0 unspecified atom stereocenters. The van der Waals surface area contributed by atoms with Gasteiger partial charge in [0.15, 0.2) is 16.9 Å². The first-order chi connectivity index (χ1) is 11.2. The van der Waals surface area contributed by atoms with Crippen molar-refractivity contribution in [1.82, 2.24) is 0 Å². The van der Waals surface area contributed by atoms with Crippen molar-refractivity contribution in [2.45, 2.75) is 0 Å². The van der Waals surface area contributed by atoms with Crippen LogP contribution in [0.3, 0.4) is 0 Å². The average Bonchev–Trinajstić information content (AvgIpc) is 3.02. The van der Waals surface area contributed by atoms with Crippen molar-refractivity contribution in [2.75, 3.05) is 13.9 Å². The van der Waals surface area contributed by atoms with E-state index in [1.165, 1.54) is 19.2 Å². The highest BCUT2D eigenvalue weighted by molar-refractivity contribution is 5.84. The highest BCUT2D eigenvalue weighted by atomic mass is 16.7. The summed E-state index contributed by atoms with van der Waals surface area (Å²) in [4.78, 5) is 12.3. The average molecular weight is 312 g/mol. The topological polar surface area (TPSA) is 78.1 Å². The molecule has 1 aliphatic heterocycles. The first-order valence-electron chi connectivity index (χ1n) is 6.91. The summed E-state index contributed by atoms with van der Waals surface area (Å²) in [7, 11) is 1.52. The van der Waals surface area contributed by atoms with E-state index in [9.17, 15) is 9.90 Å². The minimum Gasteiger partial charge on any atom is -0.507 e. The number of hydrogen-bond donors (Lipinski definition) is 1. The van der Waals surface area contributed by atoms with E-state index < -0.39 is 0 Å². The second kappa shape index (κ2) is 4.95. The third kappa shape index (κ3) is 2.07. The van der Waals surface area contributed by atoms with Gasteiger partial charge in [-0.05, 0) is 24.3 Å². The summed E-state index contributed by atoms with van der Waals surface area (Å²) >= 11 is 0. The molecule has 0 saturated heterocycles. The Hall–Kier alpha value is -3.15. The van der Waals surface area contributed by atoms with E-state index in [0.29, 0.717) is 34.2 Å². The zero-order valence-corrected chi connectivity index (χ0v) is 12.2. The normalized spacial score (nSPS) is 12.6. The van der Waals surface area contributed by atoms with Crippen molar-refractivity contribution in [2.24, 2.45) is 0 Å². The van der Waals surface area contributed by atoms with Crippen LogP contribution >= 0.6 is 0 Å². The Morgan fingerprint density at radius 3 is 2.87 bits per heavy atom. The fourth-order valence-electron chi connectivity index (χ4n) is 2.61. The molecular formula is C17H12O6. The van der Waals surface area contributed by atoms with Gasteiger partial charge in [-0.3, -0.25) is 4.79 Å². The molecule has 116 valence electrons. The lowest BCUT2D eigenvalue weighted by molar-refractivity contribution is 0.171. The Bertz CT molecular complexity index is 973. The Morgan fingerprint density at radius 1 is 1.17 bits per heavy atom. The molecule has 2 aromatic carbocycles. The summed E-state index contributed by atoms with van der Waals surface area (Å²) in [5.41, 5.74) is 0.605. The van der Waals surface area contributed by atoms with E-state index in [2.05, 4.69) is 0 Å². The smallest absolute Gasteiger partial charge is 0.231 e. The monoisotopic (exact) mass is 312 g/mol. The molecule has 0 aliphatic carbocycles. The Morgan fingerprint density at radius 2 is 2.04 bits per heavy atom. The number of benzene rings is 2. The second-order valence-corrected chi connectivity index (χ2v) is 5.04. The summed E-state index contributed by atoms with van der Waals surface area (Å²) in [6, 6.07) is 9.45. The van der Waals surface area contributed by atoms with Gasteiger partial charge in [0.05, 0.1) is 7.11 Å². The van der Waals surface area contributed by atoms with Gasteiger partial charge in [0.1, 0.15) is 22.5 Å². The first-order valence-corrected chi connectivity index (χ1v) is 6.91. The molecule has 6 nitrogen and oxygen atoms in total. The minimum absolute atomic E-state index is 0.105. The first kappa shape index (κ1) is 13.5. The molecule has 1 aliphatic rings. The van der Waals surface area contributed by atoms with Gasteiger partial charge in [-0.25, -0.2) is 0 Å². The van der Waals surface area contributed by atoms with Gasteiger partial charge in [-0.2, -0.15) is 0 Å². The van der Waals surface area contributed by atoms with Crippen LogP contribution in [0.4, 0.5) is 0 Å². The maximum Gasteiger partial charge on any atom is 0.231 e. The van der Waals surface area contributed by atoms with Crippen LogP contribution in [0.5, 0.6) is 23.0 Å². The van der Waals surface area contributed by atoms with Gasteiger partial charge in [0, 0.05) is 11.6 Å². The molecule has 0 bridgehead atoms. The van der Waals surface area contributed by atoms with E-state index in [1.807, 2.05) is 0 Å². The zero-order valence-electron chi connectivity index (χ0n) is 12.2. The molecule has 0 amide bonds. The molecule has 6 heteroatoms. The molecule has 0 radical (unpaired) electrons.